The van der Waals surface area contributed by atoms with Gasteiger partial charge in [0.25, 0.3) is 0 Å². The quantitative estimate of drug-likeness (QED) is 0.420. The second-order valence-electron chi connectivity index (χ2n) is 4.03. The van der Waals surface area contributed by atoms with Gasteiger partial charge in [-0.15, -0.1) is 0 Å². The molecule has 0 saturated carbocycles. The zero-order chi connectivity index (χ0) is 12.1. The molecule has 0 fully saturated rings. The molecule has 1 aromatic rings. The lowest BCUT2D eigenvalue weighted by molar-refractivity contribution is 0.318. The largest absolute Gasteiger partial charge is 0.411 e. The number of nitrogens with zero attached hydrogens (tertiary/aromatic N) is 2. The molecule has 0 radical (unpaired) electrons. The maximum atomic E-state index is 8.71. The smallest absolute Gasteiger partial charge is 0.113 e. The van der Waals surface area contributed by atoms with Crippen LogP contribution in [-0.4, -0.2) is 15.9 Å². The van der Waals surface area contributed by atoms with Gasteiger partial charge in [-0.25, -0.2) is 4.98 Å². The molecule has 0 aromatic carbocycles. The van der Waals surface area contributed by atoms with Gasteiger partial charge in [0.05, 0.1) is 5.71 Å². The molecule has 17 heavy (non-hydrogen) atoms. The van der Waals surface area contributed by atoms with E-state index < -0.39 is 0 Å². The van der Waals surface area contributed by atoms with E-state index in [0.29, 0.717) is 5.71 Å². The maximum Gasteiger partial charge on any atom is 0.113 e. The number of rotatable bonds is 0. The Hall–Kier alpha value is -2.08. The summed E-state index contributed by atoms with van der Waals surface area (Å²) in [5.74, 6) is 6.12. The first kappa shape index (κ1) is 11.4. The molecule has 2 rings (SSSR count). The fourth-order valence-electron chi connectivity index (χ4n) is 1.74. The number of hydrogen-bond donors (Lipinski definition) is 1. The van der Waals surface area contributed by atoms with Gasteiger partial charge in [-0.2, -0.15) is 0 Å². The van der Waals surface area contributed by atoms with E-state index in [9.17, 15) is 0 Å². The van der Waals surface area contributed by atoms with Crippen LogP contribution in [0.25, 0.3) is 0 Å². The third-order valence-corrected chi connectivity index (χ3v) is 2.59. The summed E-state index contributed by atoms with van der Waals surface area (Å²) >= 11 is 0. The number of allylic oxidation sites excluding steroid dienone is 2. The molecule has 1 N–H and O–H groups in total. The SMILES string of the molecule is Cc1cccc(C#CC2=C/C(=N\O)CCC2)n1. The third kappa shape index (κ3) is 3.18. The van der Waals surface area contributed by atoms with Gasteiger partial charge in [0, 0.05) is 11.3 Å². The normalized spacial score (nSPS) is 17.2. The van der Waals surface area contributed by atoms with Crippen molar-refractivity contribution in [2.75, 3.05) is 0 Å². The molecule has 0 unspecified atom stereocenters. The topological polar surface area (TPSA) is 45.5 Å². The van der Waals surface area contributed by atoms with E-state index in [2.05, 4.69) is 22.0 Å². The van der Waals surface area contributed by atoms with Crippen molar-refractivity contribution < 1.29 is 5.21 Å². The molecule has 0 atom stereocenters. The van der Waals surface area contributed by atoms with Crippen LogP contribution in [0.5, 0.6) is 0 Å². The molecule has 1 heterocycles. The van der Waals surface area contributed by atoms with Crippen molar-refractivity contribution in [3.05, 3.63) is 41.2 Å². The van der Waals surface area contributed by atoms with Gasteiger partial charge in [-0.1, -0.05) is 17.1 Å². The van der Waals surface area contributed by atoms with E-state index in [1.165, 1.54) is 0 Å². The summed E-state index contributed by atoms with van der Waals surface area (Å²) in [4.78, 5) is 4.32. The van der Waals surface area contributed by atoms with Crippen LogP contribution in [0, 0.1) is 18.8 Å². The van der Waals surface area contributed by atoms with Crippen LogP contribution in [0.4, 0.5) is 0 Å². The van der Waals surface area contributed by atoms with E-state index in [4.69, 9.17) is 5.21 Å². The van der Waals surface area contributed by atoms with Gasteiger partial charge in [0.15, 0.2) is 0 Å². The summed E-state index contributed by atoms with van der Waals surface area (Å²) in [6.45, 7) is 1.95. The zero-order valence-electron chi connectivity index (χ0n) is 9.77. The minimum atomic E-state index is 0.706. The van der Waals surface area contributed by atoms with Crippen molar-refractivity contribution in [1.29, 1.82) is 0 Å². The van der Waals surface area contributed by atoms with Crippen molar-refractivity contribution in [2.45, 2.75) is 26.2 Å². The standard InChI is InChI=1S/C14H14N2O/c1-11-4-2-6-13(15-11)9-8-12-5-3-7-14(10-12)16-17/h2,4,6,10,17H,3,5,7H2,1H3/b16-14-. The molecule has 86 valence electrons. The Balaban J connectivity index is 2.19. The fraction of sp³-hybridized carbons (Fsp3) is 0.286. The molecule has 1 aliphatic rings. The first-order chi connectivity index (χ1) is 8.28. The van der Waals surface area contributed by atoms with E-state index in [0.717, 1.165) is 36.2 Å². The van der Waals surface area contributed by atoms with Gasteiger partial charge >= 0.3 is 0 Å². The Bertz CT molecular complexity index is 533. The van der Waals surface area contributed by atoms with Crippen LogP contribution in [0.1, 0.15) is 30.7 Å². The molecule has 0 amide bonds. The second kappa shape index (κ2) is 5.31. The van der Waals surface area contributed by atoms with Crippen LogP contribution >= 0.6 is 0 Å². The predicted octanol–water partition coefficient (Wildman–Crippen LogP) is 2.68. The lowest BCUT2D eigenvalue weighted by Gasteiger charge is -2.07. The van der Waals surface area contributed by atoms with Crippen molar-refractivity contribution in [3.8, 4) is 11.8 Å². The molecule has 0 bridgehead atoms. The Morgan fingerprint density at radius 3 is 2.94 bits per heavy atom. The molecule has 0 spiro atoms. The molecule has 1 aromatic heterocycles. The number of pyridine rings is 1. The van der Waals surface area contributed by atoms with Crippen LogP contribution < -0.4 is 0 Å². The van der Waals surface area contributed by atoms with E-state index in [1.807, 2.05) is 31.2 Å². The van der Waals surface area contributed by atoms with Gasteiger partial charge in [0.1, 0.15) is 5.69 Å². The molecule has 0 saturated heterocycles. The van der Waals surface area contributed by atoms with Crippen LogP contribution in [0.2, 0.25) is 0 Å². The molecule has 3 heteroatoms. The van der Waals surface area contributed by atoms with Crippen molar-refractivity contribution in [2.24, 2.45) is 5.16 Å². The first-order valence-corrected chi connectivity index (χ1v) is 5.65. The predicted molar refractivity (Wildman–Crippen MR) is 67.0 cm³/mol. The Morgan fingerprint density at radius 1 is 1.29 bits per heavy atom. The molecule has 3 nitrogen and oxygen atoms in total. The van der Waals surface area contributed by atoms with E-state index >= 15 is 0 Å². The highest BCUT2D eigenvalue weighted by atomic mass is 16.4. The lowest BCUT2D eigenvalue weighted by atomic mass is 9.98. The van der Waals surface area contributed by atoms with Crippen molar-refractivity contribution in [1.82, 2.24) is 4.98 Å². The fourth-order valence-corrected chi connectivity index (χ4v) is 1.74. The minimum absolute atomic E-state index is 0.706. The average Bonchev–Trinajstić information content (AvgIpc) is 2.37. The van der Waals surface area contributed by atoms with Crippen molar-refractivity contribution in [3.63, 3.8) is 0 Å². The Morgan fingerprint density at radius 2 is 2.18 bits per heavy atom. The van der Waals surface area contributed by atoms with E-state index in [1.54, 1.807) is 0 Å². The second-order valence-corrected chi connectivity index (χ2v) is 4.03. The van der Waals surface area contributed by atoms with Crippen molar-refractivity contribution >= 4 is 5.71 Å². The Labute approximate surface area is 101 Å². The average molecular weight is 226 g/mol. The summed E-state index contributed by atoms with van der Waals surface area (Å²) in [7, 11) is 0. The molecular weight excluding hydrogens is 212 g/mol. The van der Waals surface area contributed by atoms with Crippen LogP contribution in [0.15, 0.2) is 35.0 Å². The van der Waals surface area contributed by atoms with Gasteiger partial charge in [0.2, 0.25) is 0 Å². The third-order valence-electron chi connectivity index (χ3n) is 2.59. The Kier molecular flexibility index (Phi) is 3.56. The highest BCUT2D eigenvalue weighted by Gasteiger charge is 2.06. The molecule has 1 aliphatic carbocycles. The highest BCUT2D eigenvalue weighted by Crippen LogP contribution is 2.15. The van der Waals surface area contributed by atoms with Crippen LogP contribution in [0.3, 0.4) is 0 Å². The number of hydrogen-bond acceptors (Lipinski definition) is 3. The summed E-state index contributed by atoms with van der Waals surface area (Å²) in [5, 5.41) is 11.9. The van der Waals surface area contributed by atoms with E-state index in [-0.39, 0.29) is 0 Å². The summed E-state index contributed by atoms with van der Waals surface area (Å²) in [5.41, 5.74) is 3.45. The highest BCUT2D eigenvalue weighted by molar-refractivity contribution is 5.96. The van der Waals surface area contributed by atoms with Gasteiger partial charge < -0.3 is 5.21 Å². The lowest BCUT2D eigenvalue weighted by Crippen LogP contribution is -2.02. The molecular formula is C14H14N2O. The van der Waals surface area contributed by atoms with Crippen LogP contribution in [-0.2, 0) is 0 Å². The zero-order valence-corrected chi connectivity index (χ0v) is 9.77. The summed E-state index contributed by atoms with van der Waals surface area (Å²) in [6, 6.07) is 5.79. The summed E-state index contributed by atoms with van der Waals surface area (Å²) in [6.07, 6.45) is 4.61. The number of aromatic nitrogens is 1. The molecule has 0 aliphatic heterocycles. The maximum absolute atomic E-state index is 8.71. The minimum Gasteiger partial charge on any atom is -0.411 e. The van der Waals surface area contributed by atoms with Gasteiger partial charge in [-0.05, 0) is 50.3 Å². The number of oxime groups is 1. The first-order valence-electron chi connectivity index (χ1n) is 5.65. The summed E-state index contributed by atoms with van der Waals surface area (Å²) < 4.78 is 0. The monoisotopic (exact) mass is 226 g/mol. The number of aryl methyl sites for hydroxylation is 1. The van der Waals surface area contributed by atoms with Gasteiger partial charge in [-0.3, -0.25) is 0 Å².